The van der Waals surface area contributed by atoms with Gasteiger partial charge in [0.25, 0.3) is 0 Å². The number of ether oxygens (including phenoxy) is 1. The Morgan fingerprint density at radius 3 is 2.48 bits per heavy atom. The molecule has 3 rings (SSSR count). The van der Waals surface area contributed by atoms with E-state index in [0.29, 0.717) is 26.1 Å². The molecule has 1 aromatic heterocycles. The van der Waals surface area contributed by atoms with Crippen molar-refractivity contribution >= 4 is 11.7 Å². The Kier molecular flexibility index (Phi) is 8.86. The van der Waals surface area contributed by atoms with Crippen LogP contribution >= 0.6 is 0 Å². The smallest absolute Gasteiger partial charge is 0.305 e. The normalized spacial score (nSPS) is 12.4. The van der Waals surface area contributed by atoms with Crippen LogP contribution < -0.4 is 0 Å². The lowest BCUT2D eigenvalue weighted by atomic mass is 9.96. The van der Waals surface area contributed by atoms with Gasteiger partial charge in [-0.3, -0.25) is 4.79 Å². The monoisotopic (exact) mass is 419 g/mol. The van der Waals surface area contributed by atoms with Crippen molar-refractivity contribution in [2.45, 2.75) is 38.6 Å². The largest absolute Gasteiger partial charge is 0.466 e. The summed E-state index contributed by atoms with van der Waals surface area (Å²) in [6.45, 7) is 2.67. The molecular weight excluding hydrogens is 390 g/mol. The number of carbonyl (C=O) groups excluding carboxylic acids is 1. The summed E-state index contributed by atoms with van der Waals surface area (Å²) in [6.07, 6.45) is 8.14. The first-order valence-electron chi connectivity index (χ1n) is 10.7. The highest BCUT2D eigenvalue weighted by Gasteiger charge is 2.21. The predicted molar refractivity (Wildman–Crippen MR) is 121 cm³/mol. The maximum atomic E-state index is 11.5. The van der Waals surface area contributed by atoms with Crippen LogP contribution in [0.25, 0.3) is 0 Å². The number of imidazole rings is 1. The quantitative estimate of drug-likeness (QED) is 0.183. The van der Waals surface area contributed by atoms with Crippen LogP contribution in [-0.2, 0) is 20.8 Å². The van der Waals surface area contributed by atoms with Crippen LogP contribution in [0.15, 0.2) is 84.5 Å². The fourth-order valence-electron chi connectivity index (χ4n) is 3.33. The summed E-state index contributed by atoms with van der Waals surface area (Å²) in [6, 6.07) is 20.3. The van der Waals surface area contributed by atoms with E-state index in [4.69, 9.17) is 9.57 Å². The van der Waals surface area contributed by atoms with E-state index < -0.39 is 0 Å². The molecular formula is C25H29N3O3. The zero-order chi connectivity index (χ0) is 21.7. The molecule has 3 aromatic rings. The fourth-order valence-corrected chi connectivity index (χ4v) is 3.33. The van der Waals surface area contributed by atoms with Gasteiger partial charge in [-0.2, -0.15) is 0 Å². The molecule has 0 radical (unpaired) electrons. The lowest BCUT2D eigenvalue weighted by molar-refractivity contribution is -0.143. The van der Waals surface area contributed by atoms with Crippen molar-refractivity contribution in [1.82, 2.24) is 9.55 Å². The lowest BCUT2D eigenvalue weighted by Gasteiger charge is -2.21. The molecule has 0 saturated heterocycles. The number of benzene rings is 2. The van der Waals surface area contributed by atoms with Crippen LogP contribution in [-0.4, -0.2) is 34.4 Å². The molecule has 0 N–H and O–H groups in total. The highest BCUT2D eigenvalue weighted by atomic mass is 16.6. The summed E-state index contributed by atoms with van der Waals surface area (Å²) in [5, 5.41) is 4.55. The first kappa shape index (κ1) is 22.3. The number of hydrogen-bond acceptors (Lipinski definition) is 5. The number of esters is 1. The second kappa shape index (κ2) is 12.3. The summed E-state index contributed by atoms with van der Waals surface area (Å²) in [5.41, 5.74) is 3.05. The van der Waals surface area contributed by atoms with E-state index in [1.54, 1.807) is 6.20 Å². The summed E-state index contributed by atoms with van der Waals surface area (Å²) < 4.78 is 7.02. The maximum absolute atomic E-state index is 11.5. The number of carbonyl (C=O) groups is 1. The molecule has 0 fully saturated rings. The summed E-state index contributed by atoms with van der Waals surface area (Å²) >= 11 is 0. The van der Waals surface area contributed by atoms with Gasteiger partial charge in [0.05, 0.1) is 19.0 Å². The van der Waals surface area contributed by atoms with Crippen LogP contribution in [0.1, 0.15) is 43.4 Å². The van der Waals surface area contributed by atoms with Crippen molar-refractivity contribution in [3.05, 3.63) is 90.5 Å². The second-order valence-corrected chi connectivity index (χ2v) is 7.15. The predicted octanol–water partition coefficient (Wildman–Crippen LogP) is 4.82. The van der Waals surface area contributed by atoms with Crippen molar-refractivity contribution in [3.8, 4) is 0 Å². The molecule has 0 saturated carbocycles. The molecule has 6 heteroatoms. The van der Waals surface area contributed by atoms with Gasteiger partial charge in [-0.25, -0.2) is 4.98 Å². The SMILES string of the molecule is CCOC(=O)CCCCO/N=C(\c1ccccc1)[C@@H](Cc1ccccc1)n1ccnc1. The summed E-state index contributed by atoms with van der Waals surface area (Å²) in [4.78, 5) is 21.4. The van der Waals surface area contributed by atoms with Gasteiger partial charge in [-0.15, -0.1) is 0 Å². The third-order valence-electron chi connectivity index (χ3n) is 4.88. The first-order chi connectivity index (χ1) is 15.3. The van der Waals surface area contributed by atoms with Crippen LogP contribution in [0.4, 0.5) is 0 Å². The average Bonchev–Trinajstić information content (AvgIpc) is 3.34. The Balaban J connectivity index is 1.74. The van der Waals surface area contributed by atoms with E-state index in [1.807, 2.05) is 68.0 Å². The van der Waals surface area contributed by atoms with E-state index in [9.17, 15) is 4.79 Å². The highest BCUT2D eigenvalue weighted by molar-refractivity contribution is 6.03. The number of nitrogens with zero attached hydrogens (tertiary/aromatic N) is 3. The van der Waals surface area contributed by atoms with Gasteiger partial charge in [0.1, 0.15) is 12.3 Å². The van der Waals surface area contributed by atoms with Crippen molar-refractivity contribution in [2.24, 2.45) is 5.16 Å². The fraction of sp³-hybridized carbons (Fsp3) is 0.320. The molecule has 0 aliphatic rings. The molecule has 1 heterocycles. The van der Waals surface area contributed by atoms with E-state index in [0.717, 1.165) is 24.1 Å². The minimum absolute atomic E-state index is 0.0631. The van der Waals surface area contributed by atoms with Gasteiger partial charge in [0.2, 0.25) is 0 Å². The van der Waals surface area contributed by atoms with Gasteiger partial charge in [0.15, 0.2) is 0 Å². The van der Waals surface area contributed by atoms with Crippen LogP contribution in [0.5, 0.6) is 0 Å². The van der Waals surface area contributed by atoms with Gasteiger partial charge in [-0.05, 0) is 31.7 Å². The molecule has 0 amide bonds. The van der Waals surface area contributed by atoms with E-state index >= 15 is 0 Å². The molecule has 0 spiro atoms. The van der Waals surface area contributed by atoms with Crippen LogP contribution in [0.2, 0.25) is 0 Å². The Morgan fingerprint density at radius 2 is 1.81 bits per heavy atom. The average molecular weight is 420 g/mol. The topological polar surface area (TPSA) is 65.7 Å². The molecule has 2 aromatic carbocycles. The lowest BCUT2D eigenvalue weighted by Crippen LogP contribution is -2.22. The van der Waals surface area contributed by atoms with Crippen molar-refractivity contribution < 1.29 is 14.4 Å². The first-order valence-corrected chi connectivity index (χ1v) is 10.7. The Bertz CT molecular complexity index is 925. The Hall–Kier alpha value is -3.41. The molecule has 6 nitrogen and oxygen atoms in total. The zero-order valence-electron chi connectivity index (χ0n) is 17.9. The van der Waals surface area contributed by atoms with Crippen molar-refractivity contribution in [1.29, 1.82) is 0 Å². The maximum Gasteiger partial charge on any atom is 0.305 e. The van der Waals surface area contributed by atoms with E-state index in [-0.39, 0.29) is 12.0 Å². The molecule has 0 unspecified atom stereocenters. The minimum atomic E-state index is -0.168. The highest BCUT2D eigenvalue weighted by Crippen LogP contribution is 2.21. The number of oxime groups is 1. The van der Waals surface area contributed by atoms with Crippen molar-refractivity contribution in [3.63, 3.8) is 0 Å². The number of hydrogen-bond donors (Lipinski definition) is 0. The van der Waals surface area contributed by atoms with Gasteiger partial charge < -0.3 is 14.1 Å². The van der Waals surface area contributed by atoms with Crippen molar-refractivity contribution in [2.75, 3.05) is 13.2 Å². The van der Waals surface area contributed by atoms with Gasteiger partial charge in [0, 0.05) is 24.4 Å². The van der Waals surface area contributed by atoms with E-state index in [2.05, 4.69) is 26.8 Å². The number of unbranched alkanes of at least 4 members (excludes halogenated alkanes) is 1. The van der Waals surface area contributed by atoms with Crippen LogP contribution in [0.3, 0.4) is 0 Å². The molecule has 162 valence electrons. The van der Waals surface area contributed by atoms with Crippen LogP contribution in [0, 0.1) is 0 Å². The van der Waals surface area contributed by atoms with Gasteiger partial charge >= 0.3 is 5.97 Å². The summed E-state index contributed by atoms with van der Waals surface area (Å²) in [5.74, 6) is -0.168. The number of aromatic nitrogens is 2. The molecule has 0 aliphatic heterocycles. The Labute approximate surface area is 183 Å². The molecule has 31 heavy (non-hydrogen) atoms. The Morgan fingerprint density at radius 1 is 1.06 bits per heavy atom. The number of rotatable bonds is 12. The minimum Gasteiger partial charge on any atom is -0.466 e. The van der Waals surface area contributed by atoms with Gasteiger partial charge in [-0.1, -0.05) is 65.8 Å². The zero-order valence-corrected chi connectivity index (χ0v) is 17.9. The standard InChI is InChI=1S/C25H29N3O3/c1-2-30-24(29)15-9-10-18-31-27-25(22-13-7-4-8-14-22)23(28-17-16-26-20-28)19-21-11-5-3-6-12-21/h3-8,11-14,16-17,20,23H,2,9-10,15,18-19H2,1H3/b27-25+/t23-/m1/s1. The third-order valence-corrected chi connectivity index (χ3v) is 4.88. The second-order valence-electron chi connectivity index (χ2n) is 7.15. The third kappa shape index (κ3) is 7.10. The molecule has 0 bridgehead atoms. The molecule has 0 aliphatic carbocycles. The van der Waals surface area contributed by atoms with E-state index in [1.165, 1.54) is 5.56 Å². The summed E-state index contributed by atoms with van der Waals surface area (Å²) in [7, 11) is 0. The molecule has 1 atom stereocenters.